The van der Waals surface area contributed by atoms with Gasteiger partial charge in [-0.2, -0.15) is 0 Å². The Labute approximate surface area is 162 Å². The molecule has 0 bridgehead atoms. The molecule has 27 heavy (non-hydrogen) atoms. The van der Waals surface area contributed by atoms with E-state index in [1.807, 2.05) is 19.9 Å². The van der Waals surface area contributed by atoms with Crippen LogP contribution in [0.2, 0.25) is 5.02 Å². The third kappa shape index (κ3) is 6.11. The summed E-state index contributed by atoms with van der Waals surface area (Å²) in [6, 6.07) is 9.99. The highest BCUT2D eigenvalue weighted by Gasteiger charge is 2.12. The van der Waals surface area contributed by atoms with E-state index in [-0.39, 0.29) is 12.4 Å². The van der Waals surface area contributed by atoms with Crippen molar-refractivity contribution >= 4 is 34.9 Å². The van der Waals surface area contributed by atoms with Crippen molar-refractivity contribution in [3.05, 3.63) is 58.1 Å². The monoisotopic (exact) mass is 389 g/mol. The maximum absolute atomic E-state index is 12.0. The minimum absolute atomic E-state index is 0.0594. The Morgan fingerprint density at radius 3 is 2.30 bits per heavy atom. The number of anilines is 1. The molecule has 2 rings (SSSR count). The van der Waals surface area contributed by atoms with E-state index in [1.165, 1.54) is 6.92 Å². The number of amides is 1. The molecular weight excluding hydrogens is 370 g/mol. The molecule has 0 saturated heterocycles. The molecule has 0 heterocycles. The topological polar surface area (TPSA) is 81.7 Å². The van der Waals surface area contributed by atoms with E-state index in [0.717, 1.165) is 11.1 Å². The van der Waals surface area contributed by atoms with E-state index in [1.54, 1.807) is 30.3 Å². The number of aryl methyl sites for hydroxylation is 2. The summed E-state index contributed by atoms with van der Waals surface area (Å²) >= 11 is 6.13. The molecule has 0 fully saturated rings. The number of hydrogen-bond acceptors (Lipinski definition) is 5. The number of ketones is 1. The molecule has 6 nitrogen and oxygen atoms in total. The van der Waals surface area contributed by atoms with Crippen LogP contribution < -0.4 is 10.1 Å². The highest BCUT2D eigenvalue weighted by atomic mass is 35.5. The molecule has 0 atom stereocenters. The summed E-state index contributed by atoms with van der Waals surface area (Å²) in [5.74, 6) is -0.824. The van der Waals surface area contributed by atoms with Gasteiger partial charge in [0.25, 0.3) is 5.91 Å². The molecule has 2 aromatic carbocycles. The van der Waals surface area contributed by atoms with Crippen molar-refractivity contribution in [1.82, 2.24) is 0 Å². The number of carbonyl (C=O) groups excluding carboxylic acids is 3. The lowest BCUT2D eigenvalue weighted by Crippen LogP contribution is -2.24. The minimum Gasteiger partial charge on any atom is -0.482 e. The number of rotatable bonds is 7. The van der Waals surface area contributed by atoms with Gasteiger partial charge in [-0.15, -0.1) is 0 Å². The molecule has 0 aromatic heterocycles. The van der Waals surface area contributed by atoms with Crippen LogP contribution >= 0.6 is 11.6 Å². The van der Waals surface area contributed by atoms with Crippen molar-refractivity contribution in [3.63, 3.8) is 0 Å². The Morgan fingerprint density at radius 2 is 1.70 bits per heavy atom. The Hall–Kier alpha value is -2.86. The first kappa shape index (κ1) is 20.5. The molecule has 0 aliphatic rings. The van der Waals surface area contributed by atoms with Crippen LogP contribution in [0.15, 0.2) is 36.4 Å². The van der Waals surface area contributed by atoms with E-state index in [2.05, 4.69) is 5.32 Å². The van der Waals surface area contributed by atoms with E-state index >= 15 is 0 Å². The Bertz CT molecular complexity index is 838. The van der Waals surface area contributed by atoms with Gasteiger partial charge in [-0.3, -0.25) is 9.59 Å². The SMILES string of the molecule is CC(=O)c1ccc(OCC(=O)OCC(=O)Nc2c(C)cc(C)cc2Cl)cc1. The zero-order valence-electron chi connectivity index (χ0n) is 15.3. The van der Waals surface area contributed by atoms with Crippen LogP contribution in [-0.4, -0.2) is 30.9 Å². The second-order valence-corrected chi connectivity index (χ2v) is 6.42. The summed E-state index contributed by atoms with van der Waals surface area (Å²) in [7, 11) is 0. The zero-order valence-corrected chi connectivity index (χ0v) is 16.1. The van der Waals surface area contributed by atoms with Crippen LogP contribution in [0.4, 0.5) is 5.69 Å². The normalized spacial score (nSPS) is 10.2. The number of Topliss-reactive ketones (excluding diaryl/α,β-unsaturated/α-hetero) is 1. The standard InChI is InChI=1S/C20H20ClNO5/c1-12-8-13(2)20(17(21)9-12)22-18(24)10-27-19(25)11-26-16-6-4-15(5-7-16)14(3)23/h4-9H,10-11H2,1-3H3,(H,22,24). The van der Waals surface area contributed by atoms with Crippen LogP contribution in [-0.2, 0) is 14.3 Å². The predicted molar refractivity (Wildman–Crippen MR) is 102 cm³/mol. The number of benzene rings is 2. The quantitative estimate of drug-likeness (QED) is 0.576. The van der Waals surface area contributed by atoms with Crippen LogP contribution in [0.3, 0.4) is 0 Å². The van der Waals surface area contributed by atoms with Crippen molar-refractivity contribution < 1.29 is 23.9 Å². The number of ether oxygens (including phenoxy) is 2. The van der Waals surface area contributed by atoms with Crippen molar-refractivity contribution in [1.29, 1.82) is 0 Å². The summed E-state index contributed by atoms with van der Waals surface area (Å²) in [6.07, 6.45) is 0. The molecule has 0 aliphatic heterocycles. The fourth-order valence-corrected chi connectivity index (χ4v) is 2.73. The van der Waals surface area contributed by atoms with Crippen LogP contribution in [0.25, 0.3) is 0 Å². The maximum atomic E-state index is 12.0. The molecule has 0 unspecified atom stereocenters. The number of hydrogen-bond donors (Lipinski definition) is 1. The van der Waals surface area contributed by atoms with Gasteiger partial charge in [-0.05, 0) is 62.2 Å². The molecule has 2 aromatic rings. The minimum atomic E-state index is -0.687. The van der Waals surface area contributed by atoms with Crippen LogP contribution in [0, 0.1) is 13.8 Å². The lowest BCUT2D eigenvalue weighted by Gasteiger charge is -2.12. The first-order chi connectivity index (χ1) is 12.8. The second-order valence-electron chi connectivity index (χ2n) is 6.02. The molecule has 0 saturated carbocycles. The van der Waals surface area contributed by atoms with Crippen molar-refractivity contribution in [2.24, 2.45) is 0 Å². The van der Waals surface area contributed by atoms with Gasteiger partial charge in [0.15, 0.2) is 19.0 Å². The first-order valence-electron chi connectivity index (χ1n) is 8.22. The van der Waals surface area contributed by atoms with Crippen molar-refractivity contribution in [2.75, 3.05) is 18.5 Å². The number of halogens is 1. The smallest absolute Gasteiger partial charge is 0.344 e. The maximum Gasteiger partial charge on any atom is 0.344 e. The van der Waals surface area contributed by atoms with Gasteiger partial charge < -0.3 is 14.8 Å². The second kappa shape index (κ2) is 9.19. The summed E-state index contributed by atoms with van der Waals surface area (Å²) in [4.78, 5) is 34.9. The Balaban J connectivity index is 1.80. The molecule has 0 radical (unpaired) electrons. The van der Waals surface area contributed by atoms with Gasteiger partial charge in [0.2, 0.25) is 0 Å². The number of esters is 1. The lowest BCUT2D eigenvalue weighted by atomic mass is 10.1. The fraction of sp³-hybridized carbons (Fsp3) is 0.250. The fourth-order valence-electron chi connectivity index (χ4n) is 2.37. The lowest BCUT2D eigenvalue weighted by molar-refractivity contribution is -0.149. The molecule has 0 aliphatic carbocycles. The average Bonchev–Trinajstić information content (AvgIpc) is 2.61. The Kier molecular flexibility index (Phi) is 6.96. The van der Waals surface area contributed by atoms with Gasteiger partial charge in [-0.25, -0.2) is 4.79 Å². The predicted octanol–water partition coefficient (Wildman–Crippen LogP) is 3.72. The molecule has 142 valence electrons. The van der Waals surface area contributed by atoms with E-state index < -0.39 is 18.5 Å². The van der Waals surface area contributed by atoms with Gasteiger partial charge in [-0.1, -0.05) is 17.7 Å². The molecule has 7 heteroatoms. The summed E-state index contributed by atoms with van der Waals surface area (Å²) in [6.45, 7) is 4.39. The van der Waals surface area contributed by atoms with Gasteiger partial charge >= 0.3 is 5.97 Å². The summed E-state index contributed by atoms with van der Waals surface area (Å²) in [5.41, 5.74) is 2.84. The highest BCUT2D eigenvalue weighted by Crippen LogP contribution is 2.27. The highest BCUT2D eigenvalue weighted by molar-refractivity contribution is 6.34. The van der Waals surface area contributed by atoms with Gasteiger partial charge in [0.05, 0.1) is 10.7 Å². The third-order valence-corrected chi connectivity index (χ3v) is 3.98. The van der Waals surface area contributed by atoms with E-state index in [9.17, 15) is 14.4 Å². The summed E-state index contributed by atoms with van der Waals surface area (Å²) < 4.78 is 10.2. The molecule has 1 N–H and O–H groups in total. The van der Waals surface area contributed by atoms with Crippen molar-refractivity contribution in [2.45, 2.75) is 20.8 Å². The van der Waals surface area contributed by atoms with Gasteiger partial charge in [0, 0.05) is 5.56 Å². The number of nitrogens with one attached hydrogen (secondary N) is 1. The molecule has 0 spiro atoms. The van der Waals surface area contributed by atoms with Crippen LogP contribution in [0.1, 0.15) is 28.4 Å². The zero-order chi connectivity index (χ0) is 20.0. The first-order valence-corrected chi connectivity index (χ1v) is 8.60. The average molecular weight is 390 g/mol. The Morgan fingerprint density at radius 1 is 1.04 bits per heavy atom. The molecule has 1 amide bonds. The third-order valence-electron chi connectivity index (χ3n) is 3.68. The number of carbonyl (C=O) groups is 3. The summed E-state index contributed by atoms with van der Waals surface area (Å²) in [5, 5.41) is 3.05. The van der Waals surface area contributed by atoms with E-state index in [4.69, 9.17) is 21.1 Å². The molecular formula is C20H20ClNO5. The largest absolute Gasteiger partial charge is 0.482 e. The van der Waals surface area contributed by atoms with Crippen molar-refractivity contribution in [3.8, 4) is 5.75 Å². The van der Waals surface area contributed by atoms with Gasteiger partial charge in [0.1, 0.15) is 5.75 Å². The van der Waals surface area contributed by atoms with E-state index in [0.29, 0.717) is 22.0 Å². The van der Waals surface area contributed by atoms with Crippen LogP contribution in [0.5, 0.6) is 5.75 Å².